The standard InChI is InChI=1S/C29H37ClNO7P/c1-28(2,3)37-39(38-29(4,5)6)36-24-15-21(33)26-20(32)14-23(17-10-8-9-11-19(17)30)35-27(26)25(24)18-12-13-31(7)16-22(18)34/h8-11,14-15,18,22,33-34H,12-13,16H2,1-7H3. The number of fused-ring (bicyclic) bond motifs is 1. The number of hydrogen-bond acceptors (Lipinski definition) is 8. The zero-order chi connectivity index (χ0) is 28.7. The van der Waals surface area contributed by atoms with E-state index in [1.54, 1.807) is 24.3 Å². The van der Waals surface area contributed by atoms with Crippen molar-refractivity contribution in [2.24, 2.45) is 0 Å². The second-order valence-corrected chi connectivity index (χ2v) is 13.3. The van der Waals surface area contributed by atoms with Crippen LogP contribution < -0.4 is 9.95 Å². The molecule has 2 unspecified atom stereocenters. The molecule has 4 rings (SSSR count). The van der Waals surface area contributed by atoms with Gasteiger partial charge in [-0.15, -0.1) is 0 Å². The summed E-state index contributed by atoms with van der Waals surface area (Å²) in [6, 6.07) is 9.75. The van der Waals surface area contributed by atoms with Gasteiger partial charge in [-0.3, -0.25) is 13.8 Å². The van der Waals surface area contributed by atoms with Crippen LogP contribution in [-0.2, 0) is 9.05 Å². The lowest BCUT2D eigenvalue weighted by atomic mass is 9.85. The van der Waals surface area contributed by atoms with Crippen molar-refractivity contribution in [3.05, 3.63) is 57.2 Å². The number of halogens is 1. The number of aliphatic hydroxyl groups excluding tert-OH is 1. The van der Waals surface area contributed by atoms with Crippen molar-refractivity contribution in [3.8, 4) is 22.8 Å². The summed E-state index contributed by atoms with van der Waals surface area (Å²) in [4.78, 5) is 15.4. The first kappa shape index (κ1) is 29.8. The van der Waals surface area contributed by atoms with Crippen LogP contribution in [-0.4, -0.2) is 52.6 Å². The highest BCUT2D eigenvalue weighted by Gasteiger charge is 2.36. The fourth-order valence-electron chi connectivity index (χ4n) is 4.54. The molecular weight excluding hydrogens is 541 g/mol. The maximum atomic E-state index is 13.4. The Balaban J connectivity index is 1.97. The molecule has 39 heavy (non-hydrogen) atoms. The van der Waals surface area contributed by atoms with Crippen molar-refractivity contribution < 1.29 is 28.2 Å². The van der Waals surface area contributed by atoms with E-state index in [1.165, 1.54) is 12.1 Å². The molecule has 212 valence electrons. The van der Waals surface area contributed by atoms with Gasteiger partial charge in [0.15, 0.2) is 5.43 Å². The van der Waals surface area contributed by atoms with Gasteiger partial charge in [0.2, 0.25) is 0 Å². The summed E-state index contributed by atoms with van der Waals surface area (Å²) in [7, 11) is -0.0100. The van der Waals surface area contributed by atoms with Crippen LogP contribution >= 0.6 is 20.2 Å². The first-order valence-electron chi connectivity index (χ1n) is 12.9. The third kappa shape index (κ3) is 7.12. The molecule has 0 spiro atoms. The van der Waals surface area contributed by atoms with Crippen LogP contribution in [0.2, 0.25) is 5.02 Å². The van der Waals surface area contributed by atoms with Crippen molar-refractivity contribution in [1.82, 2.24) is 4.90 Å². The monoisotopic (exact) mass is 577 g/mol. The second-order valence-electron chi connectivity index (χ2n) is 11.9. The molecule has 0 radical (unpaired) electrons. The highest BCUT2D eigenvalue weighted by Crippen LogP contribution is 2.52. The van der Waals surface area contributed by atoms with Gasteiger partial charge in [-0.05, 0) is 73.7 Å². The predicted octanol–water partition coefficient (Wildman–Crippen LogP) is 6.83. The molecule has 0 aliphatic carbocycles. The average molecular weight is 578 g/mol. The van der Waals surface area contributed by atoms with Crippen molar-refractivity contribution >= 4 is 31.2 Å². The van der Waals surface area contributed by atoms with Crippen LogP contribution in [0.15, 0.2) is 45.6 Å². The molecule has 0 amide bonds. The summed E-state index contributed by atoms with van der Waals surface area (Å²) in [5.41, 5.74) is -0.453. The number of hydrogen-bond donors (Lipinski definition) is 2. The van der Waals surface area contributed by atoms with E-state index >= 15 is 0 Å². The summed E-state index contributed by atoms with van der Waals surface area (Å²) >= 11 is 6.43. The molecule has 1 saturated heterocycles. The molecule has 3 aromatic rings. The van der Waals surface area contributed by atoms with E-state index in [1.807, 2.05) is 53.5 Å². The zero-order valence-corrected chi connectivity index (χ0v) is 25.1. The highest BCUT2D eigenvalue weighted by atomic mass is 35.5. The Kier molecular flexibility index (Phi) is 8.67. The molecule has 8 nitrogen and oxygen atoms in total. The van der Waals surface area contributed by atoms with Gasteiger partial charge < -0.3 is 24.1 Å². The summed E-state index contributed by atoms with van der Waals surface area (Å²) in [5.74, 6) is -0.262. The topological polar surface area (TPSA) is 102 Å². The zero-order valence-electron chi connectivity index (χ0n) is 23.4. The predicted molar refractivity (Wildman–Crippen MR) is 155 cm³/mol. The molecule has 2 atom stereocenters. The van der Waals surface area contributed by atoms with Gasteiger partial charge in [-0.25, -0.2) is 0 Å². The normalized spacial score (nSPS) is 19.1. The van der Waals surface area contributed by atoms with Crippen LogP contribution in [0, 0.1) is 0 Å². The minimum absolute atomic E-state index is 0.0112. The number of likely N-dealkylation sites (tertiary alicyclic amines) is 1. The summed E-state index contributed by atoms with van der Waals surface area (Å²) in [6.07, 6.45) is -0.196. The van der Waals surface area contributed by atoms with Crippen LogP contribution in [0.1, 0.15) is 59.4 Å². The molecular formula is C29H37ClNO7P. The van der Waals surface area contributed by atoms with Gasteiger partial charge in [0.1, 0.15) is 28.2 Å². The number of β-amino-alcohol motifs (C(OH)–C–C–N with tert-alkyl or cyclic N) is 1. The van der Waals surface area contributed by atoms with Gasteiger partial charge in [0.25, 0.3) is 0 Å². The summed E-state index contributed by atoms with van der Waals surface area (Å²) < 4.78 is 25.0. The number of aromatic hydroxyl groups is 1. The number of nitrogens with zero attached hydrogens (tertiary/aromatic N) is 1. The molecule has 2 heterocycles. The summed E-state index contributed by atoms with van der Waals surface area (Å²) in [5, 5.41) is 22.7. The first-order valence-corrected chi connectivity index (χ1v) is 14.4. The number of phenolic OH excluding ortho intramolecular Hbond substituents is 1. The maximum Gasteiger partial charge on any atom is 0.398 e. The molecule has 2 N–H and O–H groups in total. The van der Waals surface area contributed by atoms with E-state index < -0.39 is 37.3 Å². The molecule has 1 aromatic heterocycles. The van der Waals surface area contributed by atoms with Crippen molar-refractivity contribution in [2.75, 3.05) is 20.1 Å². The van der Waals surface area contributed by atoms with Crippen LogP contribution in [0.4, 0.5) is 0 Å². The van der Waals surface area contributed by atoms with E-state index in [-0.39, 0.29) is 28.2 Å². The van der Waals surface area contributed by atoms with Crippen LogP contribution in [0.3, 0.4) is 0 Å². The number of benzene rings is 2. The Hall–Kier alpha value is -2.19. The molecule has 1 aliphatic rings. The molecule has 2 aromatic carbocycles. The molecule has 0 saturated carbocycles. The van der Waals surface area contributed by atoms with Crippen LogP contribution in [0.25, 0.3) is 22.3 Å². The number of phenols is 1. The molecule has 0 bridgehead atoms. The quantitative estimate of drug-likeness (QED) is 0.307. The Morgan fingerprint density at radius 1 is 1.08 bits per heavy atom. The second kappa shape index (κ2) is 11.4. The van der Waals surface area contributed by atoms with Crippen molar-refractivity contribution in [2.45, 2.75) is 71.2 Å². The molecule has 1 aliphatic heterocycles. The Bertz CT molecular complexity index is 1380. The van der Waals surface area contributed by atoms with Gasteiger partial charge in [0, 0.05) is 35.7 Å². The van der Waals surface area contributed by atoms with E-state index in [2.05, 4.69) is 0 Å². The van der Waals surface area contributed by atoms with Gasteiger partial charge in [-0.1, -0.05) is 23.7 Å². The van der Waals surface area contributed by atoms with E-state index in [4.69, 9.17) is 29.6 Å². The maximum absolute atomic E-state index is 13.4. The van der Waals surface area contributed by atoms with Crippen molar-refractivity contribution in [1.29, 1.82) is 0 Å². The lowest BCUT2D eigenvalue weighted by Gasteiger charge is -2.35. The largest absolute Gasteiger partial charge is 0.507 e. The fourth-order valence-corrected chi connectivity index (χ4v) is 6.09. The smallest absolute Gasteiger partial charge is 0.398 e. The number of piperidine rings is 1. The SMILES string of the molecule is CN1CCC(c2c(OP(OC(C)(C)C)OC(C)(C)C)cc(O)c3c(=O)cc(-c4ccccc4Cl)oc23)C(O)C1. The van der Waals surface area contributed by atoms with Crippen LogP contribution in [0.5, 0.6) is 11.5 Å². The van der Waals surface area contributed by atoms with Gasteiger partial charge in [0.05, 0.1) is 22.3 Å². The number of likely N-dealkylation sites (N-methyl/N-ethyl adjacent to an activating group) is 1. The minimum Gasteiger partial charge on any atom is -0.507 e. The van der Waals surface area contributed by atoms with E-state index in [9.17, 15) is 15.0 Å². The fraction of sp³-hybridized carbons (Fsp3) is 0.483. The minimum atomic E-state index is -1.95. The first-order chi connectivity index (χ1) is 18.1. The van der Waals surface area contributed by atoms with Gasteiger partial charge >= 0.3 is 8.60 Å². The van der Waals surface area contributed by atoms with Gasteiger partial charge in [-0.2, -0.15) is 0 Å². The molecule has 10 heteroatoms. The third-order valence-corrected chi connectivity index (χ3v) is 8.22. The Labute approximate surface area is 235 Å². The Morgan fingerprint density at radius 3 is 2.31 bits per heavy atom. The lowest BCUT2D eigenvalue weighted by Crippen LogP contribution is -2.40. The summed E-state index contributed by atoms with van der Waals surface area (Å²) in [6.45, 7) is 12.5. The highest BCUT2D eigenvalue weighted by molar-refractivity contribution is 7.42. The van der Waals surface area contributed by atoms with Crippen molar-refractivity contribution in [3.63, 3.8) is 0 Å². The Morgan fingerprint density at radius 2 is 1.72 bits per heavy atom. The van der Waals surface area contributed by atoms with E-state index in [0.29, 0.717) is 35.7 Å². The third-order valence-electron chi connectivity index (χ3n) is 6.15. The lowest BCUT2D eigenvalue weighted by molar-refractivity contribution is 0.0484. The van der Waals surface area contributed by atoms with E-state index in [0.717, 1.165) is 0 Å². The number of rotatable bonds is 6. The molecule has 1 fully saturated rings. The number of aliphatic hydroxyl groups is 1. The average Bonchev–Trinajstić information content (AvgIpc) is 2.77.